The van der Waals surface area contributed by atoms with Crippen LogP contribution in [0.5, 0.6) is 0 Å². The van der Waals surface area contributed by atoms with Crippen LogP contribution in [0.1, 0.15) is 25.7 Å². The summed E-state index contributed by atoms with van der Waals surface area (Å²) in [6.07, 6.45) is 4.34. The molecule has 4 rings (SSSR count). The number of hydrogen-bond donors (Lipinski definition) is 1. The van der Waals surface area contributed by atoms with Gasteiger partial charge in [-0.15, -0.1) is 0 Å². The fourth-order valence-corrected chi connectivity index (χ4v) is 4.23. The van der Waals surface area contributed by atoms with Crippen LogP contribution >= 0.6 is 11.6 Å². The Bertz CT molecular complexity index is 1020. The molecule has 3 aromatic rings. The lowest BCUT2D eigenvalue weighted by Gasteiger charge is -2.32. The number of Topliss-reactive ketones (excluding diaryl/α,β-unsaturated/α-hetero) is 1. The SMILES string of the molecule is Cn1c(-c2cc(N3CCC(C(=O)CCCO)CC3)ncc2Cl)nc2ccccc21. The van der Waals surface area contributed by atoms with Gasteiger partial charge in [-0.05, 0) is 37.5 Å². The van der Waals surface area contributed by atoms with E-state index in [0.717, 1.165) is 54.2 Å². The second-order valence-corrected chi connectivity index (χ2v) is 7.97. The van der Waals surface area contributed by atoms with Gasteiger partial charge in [0.15, 0.2) is 0 Å². The highest BCUT2D eigenvalue weighted by Crippen LogP contribution is 2.33. The zero-order valence-electron chi connectivity index (χ0n) is 16.5. The average Bonchev–Trinajstić information content (AvgIpc) is 3.09. The van der Waals surface area contributed by atoms with E-state index in [2.05, 4.69) is 9.88 Å². The van der Waals surface area contributed by atoms with Crippen LogP contribution in [0.15, 0.2) is 36.5 Å². The standard InChI is InChI=1S/C22H25ClN4O2/c1-26-19-6-3-2-5-18(19)25-22(26)16-13-21(24-14-17(16)23)27-10-8-15(9-11-27)20(29)7-4-12-28/h2-3,5-6,13-15,28H,4,7-12H2,1H3. The van der Waals surface area contributed by atoms with Crippen LogP contribution in [0.25, 0.3) is 22.4 Å². The second-order valence-electron chi connectivity index (χ2n) is 7.56. The summed E-state index contributed by atoms with van der Waals surface area (Å²) in [6, 6.07) is 10.0. The number of rotatable bonds is 6. The highest BCUT2D eigenvalue weighted by Gasteiger charge is 2.26. The van der Waals surface area contributed by atoms with Gasteiger partial charge in [0, 0.05) is 50.8 Å². The summed E-state index contributed by atoms with van der Waals surface area (Å²) >= 11 is 6.48. The largest absolute Gasteiger partial charge is 0.396 e. The van der Waals surface area contributed by atoms with Gasteiger partial charge in [0.25, 0.3) is 0 Å². The number of aliphatic hydroxyl groups excluding tert-OH is 1. The number of anilines is 1. The van der Waals surface area contributed by atoms with Crippen molar-refractivity contribution >= 4 is 34.2 Å². The van der Waals surface area contributed by atoms with E-state index in [1.165, 1.54) is 0 Å². The summed E-state index contributed by atoms with van der Waals surface area (Å²) in [4.78, 5) is 23.7. The van der Waals surface area contributed by atoms with E-state index < -0.39 is 0 Å². The number of aromatic nitrogens is 3. The van der Waals surface area contributed by atoms with Crippen LogP contribution < -0.4 is 4.90 Å². The number of nitrogens with zero attached hydrogens (tertiary/aromatic N) is 4. The van der Waals surface area contributed by atoms with E-state index in [1.807, 2.05) is 41.9 Å². The third-order valence-electron chi connectivity index (χ3n) is 5.72. The zero-order valence-corrected chi connectivity index (χ0v) is 17.3. The van der Waals surface area contributed by atoms with Crippen LogP contribution in [0, 0.1) is 5.92 Å². The lowest BCUT2D eigenvalue weighted by molar-refractivity contribution is -0.123. The van der Waals surface area contributed by atoms with E-state index in [9.17, 15) is 4.79 Å². The molecule has 1 aliphatic rings. The van der Waals surface area contributed by atoms with E-state index in [-0.39, 0.29) is 18.3 Å². The molecule has 7 heteroatoms. The molecule has 1 fully saturated rings. The minimum Gasteiger partial charge on any atom is -0.396 e. The summed E-state index contributed by atoms with van der Waals surface area (Å²) in [5, 5.41) is 9.50. The smallest absolute Gasteiger partial charge is 0.142 e. The Labute approximate surface area is 175 Å². The fraction of sp³-hybridized carbons (Fsp3) is 0.409. The molecular weight excluding hydrogens is 388 g/mol. The number of imidazole rings is 1. The number of para-hydroxylation sites is 2. The number of carbonyl (C=O) groups is 1. The average molecular weight is 413 g/mol. The first-order valence-corrected chi connectivity index (χ1v) is 10.4. The second kappa shape index (κ2) is 8.51. The Balaban J connectivity index is 1.55. The molecule has 0 radical (unpaired) electrons. The van der Waals surface area contributed by atoms with Crippen molar-refractivity contribution in [2.45, 2.75) is 25.7 Å². The van der Waals surface area contributed by atoms with Crippen LogP contribution in [-0.4, -0.2) is 45.1 Å². The molecule has 29 heavy (non-hydrogen) atoms. The predicted molar refractivity (Wildman–Crippen MR) is 115 cm³/mol. The van der Waals surface area contributed by atoms with Gasteiger partial charge in [0.2, 0.25) is 0 Å². The van der Waals surface area contributed by atoms with Crippen molar-refractivity contribution in [3.05, 3.63) is 41.6 Å². The van der Waals surface area contributed by atoms with Crippen molar-refractivity contribution in [3.8, 4) is 11.4 Å². The summed E-state index contributed by atoms with van der Waals surface area (Å²) in [5.41, 5.74) is 2.84. The first kappa shape index (κ1) is 19.9. The quantitative estimate of drug-likeness (QED) is 0.665. The van der Waals surface area contributed by atoms with E-state index in [1.54, 1.807) is 6.20 Å². The Kier molecular flexibility index (Phi) is 5.83. The van der Waals surface area contributed by atoms with Crippen LogP contribution in [-0.2, 0) is 11.8 Å². The highest BCUT2D eigenvalue weighted by molar-refractivity contribution is 6.33. The number of carbonyl (C=O) groups excluding carboxylic acids is 1. The Hall–Kier alpha value is -2.44. The van der Waals surface area contributed by atoms with Crippen molar-refractivity contribution in [1.29, 1.82) is 0 Å². The molecule has 0 saturated carbocycles. The molecule has 0 bridgehead atoms. The minimum absolute atomic E-state index is 0.0737. The van der Waals surface area contributed by atoms with Crippen molar-refractivity contribution < 1.29 is 9.90 Å². The van der Waals surface area contributed by atoms with Crippen molar-refractivity contribution in [3.63, 3.8) is 0 Å². The number of pyridine rings is 1. The first-order chi connectivity index (χ1) is 14.1. The maximum atomic E-state index is 12.2. The molecule has 0 aliphatic carbocycles. The van der Waals surface area contributed by atoms with Gasteiger partial charge in [-0.2, -0.15) is 0 Å². The summed E-state index contributed by atoms with van der Waals surface area (Å²) in [6.45, 7) is 1.64. The van der Waals surface area contributed by atoms with E-state index in [4.69, 9.17) is 21.7 Å². The molecule has 0 atom stereocenters. The third kappa shape index (κ3) is 4.00. The predicted octanol–water partition coefficient (Wildman–Crippen LogP) is 3.85. The minimum atomic E-state index is 0.0737. The number of fused-ring (bicyclic) bond motifs is 1. The number of ketones is 1. The Morgan fingerprint density at radius 3 is 2.76 bits per heavy atom. The lowest BCUT2D eigenvalue weighted by atomic mass is 9.90. The van der Waals surface area contributed by atoms with Gasteiger partial charge >= 0.3 is 0 Å². The summed E-state index contributed by atoms with van der Waals surface area (Å²) < 4.78 is 2.05. The normalized spacial score (nSPS) is 15.2. The summed E-state index contributed by atoms with van der Waals surface area (Å²) in [5.74, 6) is 2.03. The van der Waals surface area contributed by atoms with Gasteiger partial charge in [-0.3, -0.25) is 4.79 Å². The Morgan fingerprint density at radius 2 is 2.03 bits per heavy atom. The van der Waals surface area contributed by atoms with Gasteiger partial charge < -0.3 is 14.6 Å². The van der Waals surface area contributed by atoms with Crippen LogP contribution in [0.4, 0.5) is 5.82 Å². The highest BCUT2D eigenvalue weighted by atomic mass is 35.5. The number of benzene rings is 1. The van der Waals surface area contributed by atoms with Crippen molar-refractivity contribution in [2.75, 3.05) is 24.6 Å². The molecule has 2 aromatic heterocycles. The van der Waals surface area contributed by atoms with Gasteiger partial charge in [0.1, 0.15) is 17.4 Å². The molecule has 0 spiro atoms. The lowest BCUT2D eigenvalue weighted by Crippen LogP contribution is -2.36. The molecule has 1 aromatic carbocycles. The number of aliphatic hydroxyl groups is 1. The number of halogens is 1. The number of piperidine rings is 1. The molecule has 3 heterocycles. The van der Waals surface area contributed by atoms with Gasteiger partial charge in [-0.25, -0.2) is 9.97 Å². The van der Waals surface area contributed by atoms with Gasteiger partial charge in [-0.1, -0.05) is 23.7 Å². The maximum Gasteiger partial charge on any atom is 0.142 e. The van der Waals surface area contributed by atoms with E-state index in [0.29, 0.717) is 17.9 Å². The fourth-order valence-electron chi connectivity index (χ4n) is 4.05. The molecule has 1 N–H and O–H groups in total. The van der Waals surface area contributed by atoms with Crippen molar-refractivity contribution in [2.24, 2.45) is 13.0 Å². The van der Waals surface area contributed by atoms with Crippen LogP contribution in [0.3, 0.4) is 0 Å². The topological polar surface area (TPSA) is 71.2 Å². The van der Waals surface area contributed by atoms with E-state index >= 15 is 0 Å². The summed E-state index contributed by atoms with van der Waals surface area (Å²) in [7, 11) is 1.99. The molecular formula is C22H25ClN4O2. The van der Waals surface area contributed by atoms with Crippen LogP contribution in [0.2, 0.25) is 5.02 Å². The van der Waals surface area contributed by atoms with Crippen molar-refractivity contribution in [1.82, 2.24) is 14.5 Å². The molecule has 152 valence electrons. The molecule has 0 amide bonds. The molecule has 0 unspecified atom stereocenters. The Morgan fingerprint density at radius 1 is 1.28 bits per heavy atom. The molecule has 1 saturated heterocycles. The number of hydrogen-bond acceptors (Lipinski definition) is 5. The van der Waals surface area contributed by atoms with Gasteiger partial charge in [0.05, 0.1) is 16.1 Å². The third-order valence-corrected chi connectivity index (χ3v) is 6.03. The first-order valence-electron chi connectivity index (χ1n) is 10.0. The zero-order chi connectivity index (χ0) is 20.4. The molecule has 6 nitrogen and oxygen atoms in total. The monoisotopic (exact) mass is 412 g/mol. The molecule has 1 aliphatic heterocycles. The maximum absolute atomic E-state index is 12.2. The number of aryl methyl sites for hydroxylation is 1.